The van der Waals surface area contributed by atoms with E-state index >= 15 is 0 Å². The first kappa shape index (κ1) is 13.5. The second-order valence-corrected chi connectivity index (χ2v) is 4.18. The number of amides is 1. The Balaban J connectivity index is 2.37. The van der Waals surface area contributed by atoms with E-state index in [4.69, 9.17) is 9.84 Å². The zero-order chi connectivity index (χ0) is 12.7. The summed E-state index contributed by atoms with van der Waals surface area (Å²) in [5, 5.41) is 11.0. The van der Waals surface area contributed by atoms with Gasteiger partial charge in [-0.15, -0.1) is 0 Å². The minimum atomic E-state index is -1.07. The number of benzene rings is 1. The third kappa shape index (κ3) is 4.86. The summed E-state index contributed by atoms with van der Waals surface area (Å²) in [7, 11) is 0. The van der Waals surface area contributed by atoms with E-state index in [0.29, 0.717) is 12.2 Å². The van der Waals surface area contributed by atoms with Crippen LogP contribution in [0.2, 0.25) is 0 Å². The van der Waals surface area contributed by atoms with Gasteiger partial charge in [0.25, 0.3) is 0 Å². The SMILES string of the molecule is O=CNC(CCOc1ccc(Br)cc1)C(=O)O. The third-order valence-corrected chi connectivity index (χ3v) is 2.58. The molecule has 0 saturated heterocycles. The fourth-order valence-corrected chi connectivity index (χ4v) is 1.45. The number of hydrogen-bond acceptors (Lipinski definition) is 3. The first-order valence-corrected chi connectivity index (χ1v) is 5.73. The van der Waals surface area contributed by atoms with E-state index in [1.807, 2.05) is 12.1 Å². The molecule has 0 radical (unpaired) electrons. The molecule has 1 aromatic carbocycles. The summed E-state index contributed by atoms with van der Waals surface area (Å²) in [5.74, 6) is -0.417. The normalized spacial score (nSPS) is 11.6. The summed E-state index contributed by atoms with van der Waals surface area (Å²) >= 11 is 3.29. The molecule has 5 nitrogen and oxygen atoms in total. The Kier molecular flexibility index (Phi) is 5.48. The van der Waals surface area contributed by atoms with Gasteiger partial charge >= 0.3 is 5.97 Å². The standard InChI is InChI=1S/C11H12BrNO4/c12-8-1-3-9(4-2-8)17-6-5-10(11(15)16)13-7-14/h1-4,7,10H,5-6H2,(H,13,14)(H,15,16). The Morgan fingerprint density at radius 3 is 2.65 bits per heavy atom. The van der Waals surface area contributed by atoms with Gasteiger partial charge in [-0.3, -0.25) is 4.79 Å². The van der Waals surface area contributed by atoms with Gasteiger partial charge in [-0.25, -0.2) is 4.79 Å². The molecule has 0 aliphatic heterocycles. The number of carbonyl (C=O) groups is 2. The minimum Gasteiger partial charge on any atom is -0.494 e. The van der Waals surface area contributed by atoms with Gasteiger partial charge in [0.1, 0.15) is 11.8 Å². The van der Waals surface area contributed by atoms with Gasteiger partial charge in [-0.05, 0) is 24.3 Å². The molecule has 2 N–H and O–H groups in total. The largest absolute Gasteiger partial charge is 0.494 e. The zero-order valence-corrected chi connectivity index (χ0v) is 10.5. The molecule has 0 saturated carbocycles. The van der Waals surface area contributed by atoms with Gasteiger partial charge in [0.2, 0.25) is 6.41 Å². The Bertz CT molecular complexity index is 380. The number of aliphatic carboxylic acids is 1. The van der Waals surface area contributed by atoms with Gasteiger partial charge in [-0.2, -0.15) is 0 Å². The van der Waals surface area contributed by atoms with Crippen LogP contribution in [0.25, 0.3) is 0 Å². The molecule has 0 bridgehead atoms. The van der Waals surface area contributed by atoms with Crippen molar-refractivity contribution >= 4 is 28.3 Å². The van der Waals surface area contributed by atoms with Crippen molar-refractivity contribution in [3.05, 3.63) is 28.7 Å². The summed E-state index contributed by atoms with van der Waals surface area (Å²) in [5.41, 5.74) is 0. The number of carbonyl (C=O) groups excluding carboxylic acids is 1. The van der Waals surface area contributed by atoms with Crippen LogP contribution in [-0.2, 0) is 9.59 Å². The van der Waals surface area contributed by atoms with Crippen molar-refractivity contribution in [1.29, 1.82) is 0 Å². The van der Waals surface area contributed by atoms with Crippen LogP contribution in [0.4, 0.5) is 0 Å². The molecule has 0 spiro atoms. The zero-order valence-electron chi connectivity index (χ0n) is 8.93. The van der Waals surface area contributed by atoms with Crippen molar-refractivity contribution < 1.29 is 19.4 Å². The highest BCUT2D eigenvalue weighted by atomic mass is 79.9. The molecular weight excluding hydrogens is 290 g/mol. The number of ether oxygens (including phenoxy) is 1. The quantitative estimate of drug-likeness (QED) is 0.747. The van der Waals surface area contributed by atoms with E-state index in [2.05, 4.69) is 21.2 Å². The molecular formula is C11H12BrNO4. The molecule has 1 rings (SSSR count). The van der Waals surface area contributed by atoms with Crippen LogP contribution in [0.15, 0.2) is 28.7 Å². The number of carboxylic acids is 1. The van der Waals surface area contributed by atoms with Crippen molar-refractivity contribution in [2.75, 3.05) is 6.61 Å². The summed E-state index contributed by atoms with van der Waals surface area (Å²) in [4.78, 5) is 20.9. The molecule has 0 aromatic heterocycles. The van der Waals surface area contributed by atoms with Gasteiger partial charge in [0.05, 0.1) is 6.61 Å². The second-order valence-electron chi connectivity index (χ2n) is 3.27. The minimum absolute atomic E-state index is 0.212. The first-order chi connectivity index (χ1) is 8.13. The number of nitrogens with one attached hydrogen (secondary N) is 1. The number of rotatable bonds is 7. The lowest BCUT2D eigenvalue weighted by Crippen LogP contribution is -2.36. The van der Waals surface area contributed by atoms with Gasteiger partial charge < -0.3 is 15.2 Å². The number of halogens is 1. The van der Waals surface area contributed by atoms with E-state index in [9.17, 15) is 9.59 Å². The topological polar surface area (TPSA) is 75.6 Å². The smallest absolute Gasteiger partial charge is 0.326 e. The second kappa shape index (κ2) is 6.90. The van der Waals surface area contributed by atoms with E-state index in [1.165, 1.54) is 0 Å². The maximum atomic E-state index is 10.7. The molecule has 1 atom stereocenters. The maximum Gasteiger partial charge on any atom is 0.326 e. The van der Waals surface area contributed by atoms with Gasteiger partial charge in [0.15, 0.2) is 0 Å². The van der Waals surface area contributed by atoms with Crippen molar-refractivity contribution in [3.63, 3.8) is 0 Å². The predicted octanol–water partition coefficient (Wildman–Crippen LogP) is 1.42. The summed E-state index contributed by atoms with van der Waals surface area (Å²) in [6.45, 7) is 0.222. The highest BCUT2D eigenvalue weighted by Gasteiger charge is 2.15. The molecule has 0 aliphatic rings. The van der Waals surface area contributed by atoms with Crippen molar-refractivity contribution in [2.24, 2.45) is 0 Å². The van der Waals surface area contributed by atoms with Crippen LogP contribution in [0.5, 0.6) is 5.75 Å². The van der Waals surface area contributed by atoms with E-state index in [0.717, 1.165) is 4.47 Å². The Labute approximate surface area is 107 Å². The average Bonchev–Trinajstić information content (AvgIpc) is 2.30. The fraction of sp³-hybridized carbons (Fsp3) is 0.273. The highest BCUT2D eigenvalue weighted by Crippen LogP contribution is 2.16. The van der Waals surface area contributed by atoms with Crippen LogP contribution in [-0.4, -0.2) is 30.1 Å². The molecule has 1 unspecified atom stereocenters. The van der Waals surface area contributed by atoms with Crippen LogP contribution in [0, 0.1) is 0 Å². The van der Waals surface area contributed by atoms with E-state index < -0.39 is 12.0 Å². The predicted molar refractivity (Wildman–Crippen MR) is 64.9 cm³/mol. The van der Waals surface area contributed by atoms with Crippen LogP contribution in [0.1, 0.15) is 6.42 Å². The van der Waals surface area contributed by atoms with Crippen molar-refractivity contribution in [2.45, 2.75) is 12.5 Å². The van der Waals surface area contributed by atoms with Crippen LogP contribution >= 0.6 is 15.9 Å². The molecule has 0 aliphatic carbocycles. The lowest BCUT2D eigenvalue weighted by Gasteiger charge is -2.11. The van der Waals surface area contributed by atoms with Crippen LogP contribution in [0.3, 0.4) is 0 Å². The molecule has 0 fully saturated rings. The average molecular weight is 302 g/mol. The highest BCUT2D eigenvalue weighted by molar-refractivity contribution is 9.10. The summed E-state index contributed by atoms with van der Waals surface area (Å²) in [6.07, 6.45) is 0.586. The van der Waals surface area contributed by atoms with Crippen molar-refractivity contribution in [3.8, 4) is 5.75 Å². The monoisotopic (exact) mass is 301 g/mol. The molecule has 0 heterocycles. The third-order valence-electron chi connectivity index (χ3n) is 2.06. The van der Waals surface area contributed by atoms with Crippen LogP contribution < -0.4 is 10.1 Å². The molecule has 92 valence electrons. The first-order valence-electron chi connectivity index (χ1n) is 4.94. The Hall–Kier alpha value is -1.56. The van der Waals surface area contributed by atoms with E-state index in [-0.39, 0.29) is 13.0 Å². The maximum absolute atomic E-state index is 10.7. The Morgan fingerprint density at radius 1 is 1.47 bits per heavy atom. The lowest BCUT2D eigenvalue weighted by atomic mass is 10.2. The lowest BCUT2D eigenvalue weighted by molar-refractivity contribution is -0.140. The van der Waals surface area contributed by atoms with Crippen molar-refractivity contribution in [1.82, 2.24) is 5.32 Å². The fourth-order valence-electron chi connectivity index (χ4n) is 1.19. The van der Waals surface area contributed by atoms with E-state index in [1.54, 1.807) is 12.1 Å². The summed E-state index contributed by atoms with van der Waals surface area (Å²) in [6, 6.07) is 6.28. The van der Waals surface area contributed by atoms with Gasteiger partial charge in [0, 0.05) is 10.9 Å². The molecule has 1 amide bonds. The summed E-state index contributed by atoms with van der Waals surface area (Å²) < 4.78 is 6.29. The molecule has 1 aromatic rings. The van der Waals surface area contributed by atoms with Gasteiger partial charge in [-0.1, -0.05) is 15.9 Å². The molecule has 17 heavy (non-hydrogen) atoms. The number of hydrogen-bond donors (Lipinski definition) is 2. The number of carboxylic acid groups (broad SMARTS) is 1. The Morgan fingerprint density at radius 2 is 2.12 bits per heavy atom. The molecule has 6 heteroatoms.